The van der Waals surface area contributed by atoms with E-state index in [1.165, 1.54) is 49.1 Å². The van der Waals surface area contributed by atoms with Crippen LogP contribution in [0, 0.1) is 23.3 Å². The molecule has 100 heavy (non-hydrogen) atoms. The molecule has 5 N–H and O–H groups in total. The SMILES string of the molecule is CC(C)(C)OC(=O)N[C@@H]1c2nccnc2[C@H](NC(=O)N2CCC(n3c(=O)[nH]c4ncccc43)CC2)CC[C@H]1c1cccc(F)c1F.CC(C)(C)OC(=O)N[C@@H]1c2nccnc2[C@H](NC(=O)N2CCC(n3c(=O)n(COCC[Si](C)(C)C)c4ncccc43)CC2)CC[C@H]1c1cccc(F)c1F. The Bertz CT molecular complexity index is 4400. The summed E-state index contributed by atoms with van der Waals surface area (Å²) in [6, 6.07) is 12.2. The Morgan fingerprint density at radius 1 is 0.540 bits per heavy atom. The number of fused-ring (bicyclic) bond motifs is 4. The van der Waals surface area contributed by atoms with Crippen LogP contribution in [-0.2, 0) is 20.9 Å². The first kappa shape index (κ1) is 71.7. The first-order chi connectivity index (χ1) is 47.6. The molecule has 0 unspecified atom stereocenters. The number of aromatic amines is 1. The van der Waals surface area contributed by atoms with Crippen molar-refractivity contribution in [2.75, 3.05) is 32.8 Å². The smallest absolute Gasteiger partial charge is 0.408 e. The quantitative estimate of drug-likeness (QED) is 0.0310. The second-order valence-electron chi connectivity index (χ2n) is 28.9. The van der Waals surface area contributed by atoms with Crippen LogP contribution in [-0.4, -0.2) is 135 Å². The number of carbonyl (C=O) groups excluding carboxylic acids is 4. The van der Waals surface area contributed by atoms with E-state index in [4.69, 9.17) is 14.2 Å². The number of hydrogen-bond donors (Lipinski definition) is 5. The van der Waals surface area contributed by atoms with Gasteiger partial charge in [-0.2, -0.15) is 0 Å². The Labute approximate surface area is 576 Å². The number of benzene rings is 2. The van der Waals surface area contributed by atoms with E-state index < -0.39 is 90.7 Å². The number of nitrogens with zero attached hydrogens (tertiary/aromatic N) is 11. The average molecular weight is 1400 g/mol. The molecule has 12 rings (SSSR count). The number of aromatic nitrogens is 10. The molecule has 6 amide bonds. The summed E-state index contributed by atoms with van der Waals surface area (Å²) in [5.41, 5.74) is 2.16. The minimum absolute atomic E-state index is 0.0756. The molecule has 0 saturated carbocycles. The minimum Gasteiger partial charge on any atom is -0.444 e. The zero-order valence-corrected chi connectivity index (χ0v) is 58.6. The standard InChI is InChI=1S/C38H50F2N8O5Si.C32H36F2N8O4/c1-38(2,3)53-36(50)45-31-26(25-9-7-10-27(39)30(25)40)12-13-28(32-33(31)42-18-17-41-32)44-35(49)46-19-14-24(15-20-46)48-29-11-8-16-43-34(29)47(37(48)51)23-52-21-22-54(4,5)6;1-32(2,3)46-31(45)39-25-20(19-6-4-7-21(33)24(19)34)9-10-22(26-27(25)36-15-14-35-26)38-29(43)41-16-11-18(12-17-41)42-23-8-5-13-37-28(23)40-30(42)44/h7-11,16-18,24,26,28,31H,12-15,19-23H2,1-6H3,(H,44,49)(H,45,50);4-8,13-15,18,20,22,25H,9-12,16-17H2,1-3H3,(H,38,43)(H,39,45)(H,37,40,44)/t26-,28+,31-;20-,22+,25-/m00/s1. The zero-order valence-electron chi connectivity index (χ0n) is 57.6. The number of rotatable bonds is 13. The molecule has 0 bridgehead atoms. The van der Waals surface area contributed by atoms with Gasteiger partial charge in [0.25, 0.3) is 0 Å². The van der Waals surface area contributed by atoms with E-state index in [9.17, 15) is 37.5 Å². The van der Waals surface area contributed by atoms with Gasteiger partial charge >= 0.3 is 35.6 Å². The summed E-state index contributed by atoms with van der Waals surface area (Å²) in [4.78, 5) is 113. The zero-order chi connectivity index (χ0) is 71.4. The predicted octanol–water partition coefficient (Wildman–Crippen LogP) is 11.8. The number of urea groups is 2. The van der Waals surface area contributed by atoms with Crippen LogP contribution in [0.25, 0.3) is 22.3 Å². The lowest BCUT2D eigenvalue weighted by Crippen LogP contribution is -2.46. The number of alkyl carbamates (subject to hydrolysis) is 2. The molecule has 8 heterocycles. The highest BCUT2D eigenvalue weighted by Gasteiger charge is 2.42. The van der Waals surface area contributed by atoms with Crippen molar-refractivity contribution in [3.63, 3.8) is 0 Å². The molecule has 0 spiro atoms. The number of hydrogen-bond acceptors (Lipinski definition) is 15. The fourth-order valence-corrected chi connectivity index (χ4v) is 14.5. The highest BCUT2D eigenvalue weighted by Crippen LogP contribution is 2.45. The number of likely N-dealkylation sites (tertiary alicyclic amines) is 2. The molecule has 25 nitrogen and oxygen atoms in total. The maximum absolute atomic E-state index is 15.3. The lowest BCUT2D eigenvalue weighted by molar-refractivity contribution is 0.0481. The van der Waals surface area contributed by atoms with E-state index in [1.54, 1.807) is 83.5 Å². The Kier molecular flexibility index (Phi) is 21.6. The maximum Gasteiger partial charge on any atom is 0.408 e. The van der Waals surface area contributed by atoms with Crippen LogP contribution in [0.4, 0.5) is 36.7 Å². The van der Waals surface area contributed by atoms with E-state index in [1.807, 2.05) is 18.2 Å². The second-order valence-corrected chi connectivity index (χ2v) is 34.6. The minimum atomic E-state index is -1.30. The van der Waals surface area contributed by atoms with Gasteiger partial charge in [-0.05, 0) is 146 Å². The summed E-state index contributed by atoms with van der Waals surface area (Å²) < 4.78 is 81.5. The molecular weight excluding hydrogens is 1310 g/mol. The Hall–Kier alpha value is -9.58. The van der Waals surface area contributed by atoms with Crippen LogP contribution < -0.4 is 32.6 Å². The van der Waals surface area contributed by atoms with E-state index >= 15 is 8.78 Å². The van der Waals surface area contributed by atoms with Crippen LogP contribution in [0.1, 0.15) is 175 Å². The summed E-state index contributed by atoms with van der Waals surface area (Å²) in [6.45, 7) is 19.5. The second kappa shape index (κ2) is 30.1. The van der Waals surface area contributed by atoms with Crippen LogP contribution in [0.2, 0.25) is 25.7 Å². The van der Waals surface area contributed by atoms with Crippen molar-refractivity contribution in [3.8, 4) is 0 Å². The first-order valence-electron chi connectivity index (χ1n) is 33.9. The largest absolute Gasteiger partial charge is 0.444 e. The van der Waals surface area contributed by atoms with Crippen LogP contribution in [0.15, 0.2) is 107 Å². The summed E-state index contributed by atoms with van der Waals surface area (Å²) in [5, 5.41) is 11.9. The normalized spacial score (nSPS) is 20.1. The third-order valence-corrected chi connectivity index (χ3v) is 20.2. The molecule has 2 aliphatic carbocycles. The van der Waals surface area contributed by atoms with Crippen molar-refractivity contribution in [2.24, 2.45) is 0 Å². The number of ether oxygens (including phenoxy) is 3. The van der Waals surface area contributed by atoms with Gasteiger partial charge in [0, 0.05) is 102 Å². The first-order valence-corrected chi connectivity index (χ1v) is 37.6. The van der Waals surface area contributed by atoms with Crippen LogP contribution >= 0.6 is 0 Å². The number of halogens is 4. The van der Waals surface area contributed by atoms with E-state index in [-0.39, 0.29) is 66.2 Å². The van der Waals surface area contributed by atoms with Crippen molar-refractivity contribution in [3.05, 3.63) is 176 Å². The Balaban J connectivity index is 0.000000204. The van der Waals surface area contributed by atoms with Crippen molar-refractivity contribution in [1.82, 2.24) is 79.7 Å². The summed E-state index contributed by atoms with van der Waals surface area (Å²) >= 11 is 0. The van der Waals surface area contributed by atoms with Gasteiger partial charge in [-0.3, -0.25) is 38.6 Å². The van der Waals surface area contributed by atoms with Gasteiger partial charge in [0.1, 0.15) is 17.9 Å². The molecule has 4 aliphatic rings. The molecule has 532 valence electrons. The van der Waals surface area contributed by atoms with Gasteiger partial charge in [-0.15, -0.1) is 0 Å². The van der Waals surface area contributed by atoms with Crippen molar-refractivity contribution < 1.29 is 51.0 Å². The highest BCUT2D eigenvalue weighted by molar-refractivity contribution is 6.76. The molecule has 6 aromatic heterocycles. The van der Waals surface area contributed by atoms with Gasteiger partial charge < -0.3 is 45.3 Å². The number of piperidine rings is 2. The molecule has 2 aromatic carbocycles. The van der Waals surface area contributed by atoms with Crippen molar-refractivity contribution in [1.29, 1.82) is 0 Å². The fraction of sp³-hybridized carbons (Fsp3) is 0.486. The number of imidazole rings is 2. The van der Waals surface area contributed by atoms with Gasteiger partial charge in [0.05, 0.1) is 58.0 Å². The lowest BCUT2D eigenvalue weighted by atomic mass is 9.86. The molecule has 30 heteroatoms. The highest BCUT2D eigenvalue weighted by atomic mass is 28.3. The van der Waals surface area contributed by atoms with Gasteiger partial charge in [0.15, 0.2) is 34.6 Å². The van der Waals surface area contributed by atoms with E-state index in [0.29, 0.717) is 105 Å². The van der Waals surface area contributed by atoms with E-state index in [2.05, 4.69) is 75.8 Å². The Morgan fingerprint density at radius 3 is 1.46 bits per heavy atom. The average Bonchev–Trinajstić information content (AvgIpc) is 1.51. The third kappa shape index (κ3) is 16.5. The van der Waals surface area contributed by atoms with Gasteiger partial charge in [0.2, 0.25) is 0 Å². The van der Waals surface area contributed by atoms with Gasteiger partial charge in [-0.25, -0.2) is 56.3 Å². The molecule has 6 atom stereocenters. The van der Waals surface area contributed by atoms with Gasteiger partial charge in [-0.1, -0.05) is 43.9 Å². The number of amides is 6. The number of H-pyrrole nitrogens is 1. The molecule has 0 radical (unpaired) electrons. The predicted molar refractivity (Wildman–Crippen MR) is 366 cm³/mol. The number of nitrogens with one attached hydrogen (secondary N) is 5. The van der Waals surface area contributed by atoms with Crippen LogP contribution in [0.5, 0.6) is 0 Å². The molecule has 2 fully saturated rings. The van der Waals surface area contributed by atoms with Crippen molar-refractivity contribution in [2.45, 2.75) is 185 Å². The molecule has 2 aliphatic heterocycles. The van der Waals surface area contributed by atoms with Crippen LogP contribution in [0.3, 0.4) is 0 Å². The summed E-state index contributed by atoms with van der Waals surface area (Å²) in [7, 11) is -1.30. The molecule has 2 saturated heterocycles. The molecular formula is C70H86F4N16O9Si. The monoisotopic (exact) mass is 1400 g/mol. The summed E-state index contributed by atoms with van der Waals surface area (Å²) in [5.74, 6) is -5.51. The third-order valence-electron chi connectivity index (χ3n) is 18.5. The summed E-state index contributed by atoms with van der Waals surface area (Å²) in [6.07, 6.45) is 11.1. The fourth-order valence-electron chi connectivity index (χ4n) is 13.8. The number of carbonyl (C=O) groups is 4. The van der Waals surface area contributed by atoms with E-state index in [0.717, 1.165) is 29.2 Å². The Morgan fingerprint density at radius 2 is 0.990 bits per heavy atom. The maximum atomic E-state index is 15.3. The topological polar surface area (TPSA) is 293 Å². The lowest BCUT2D eigenvalue weighted by Gasteiger charge is -2.33. The number of pyridine rings is 2. The molecule has 8 aromatic rings. The van der Waals surface area contributed by atoms with Crippen molar-refractivity contribution >= 4 is 54.7 Å².